The molecule has 0 bridgehead atoms. The van der Waals surface area contributed by atoms with Crippen LogP contribution in [0, 0.1) is 31.3 Å². The summed E-state index contributed by atoms with van der Waals surface area (Å²) in [6.45, 7) is 4.98. The first-order valence-electron chi connectivity index (χ1n) is 8.10. The van der Waals surface area contributed by atoms with E-state index in [-0.39, 0.29) is 18.9 Å². The van der Waals surface area contributed by atoms with Gasteiger partial charge >= 0.3 is 0 Å². The maximum atomic E-state index is 13.6. The summed E-state index contributed by atoms with van der Waals surface area (Å²) in [7, 11) is 0. The zero-order chi connectivity index (χ0) is 20.3. The highest BCUT2D eigenvalue weighted by Gasteiger charge is 2.20. The standard InChI is InChI=1S/C19H18ClF3N2O2/c1-10-8-11(2)19(13(20)9-10)25(12(3)26)7-6-16(27)24-15-5-4-14(21)17(22)18(15)23/h4-5,8-9H,6-7H2,1-3H3,(H,24,27). The van der Waals surface area contributed by atoms with Crippen LogP contribution in [0.5, 0.6) is 0 Å². The van der Waals surface area contributed by atoms with Crippen molar-refractivity contribution in [2.75, 3.05) is 16.8 Å². The third-order valence-electron chi connectivity index (χ3n) is 3.92. The molecule has 0 aliphatic rings. The summed E-state index contributed by atoms with van der Waals surface area (Å²) in [5.74, 6) is -5.48. The lowest BCUT2D eigenvalue weighted by molar-refractivity contribution is -0.117. The van der Waals surface area contributed by atoms with Crippen molar-refractivity contribution >= 4 is 34.8 Å². The Kier molecular flexibility index (Phi) is 6.49. The topological polar surface area (TPSA) is 49.4 Å². The maximum Gasteiger partial charge on any atom is 0.226 e. The molecule has 2 rings (SSSR count). The largest absolute Gasteiger partial charge is 0.323 e. The monoisotopic (exact) mass is 398 g/mol. The average molecular weight is 399 g/mol. The predicted octanol–water partition coefficient (Wildman–Crippen LogP) is 4.76. The number of aryl methyl sites for hydroxylation is 2. The van der Waals surface area contributed by atoms with Gasteiger partial charge in [0.25, 0.3) is 0 Å². The van der Waals surface area contributed by atoms with Crippen LogP contribution >= 0.6 is 11.6 Å². The minimum atomic E-state index is -1.67. The summed E-state index contributed by atoms with van der Waals surface area (Å²) in [6.07, 6.45) is -0.193. The highest BCUT2D eigenvalue weighted by atomic mass is 35.5. The summed E-state index contributed by atoms with van der Waals surface area (Å²) in [5, 5.41) is 2.54. The zero-order valence-electron chi connectivity index (χ0n) is 15.0. The van der Waals surface area contributed by atoms with E-state index in [0.717, 1.165) is 17.2 Å². The van der Waals surface area contributed by atoms with Gasteiger partial charge in [0.1, 0.15) is 0 Å². The van der Waals surface area contributed by atoms with Gasteiger partial charge in [0.15, 0.2) is 17.5 Å². The van der Waals surface area contributed by atoms with Crippen molar-refractivity contribution in [2.24, 2.45) is 0 Å². The molecule has 0 aliphatic carbocycles. The van der Waals surface area contributed by atoms with Gasteiger partial charge in [-0.3, -0.25) is 9.59 Å². The number of carbonyl (C=O) groups is 2. The molecule has 0 fully saturated rings. The molecule has 0 heterocycles. The van der Waals surface area contributed by atoms with Crippen molar-refractivity contribution in [1.29, 1.82) is 0 Å². The molecule has 2 aromatic carbocycles. The smallest absolute Gasteiger partial charge is 0.226 e. The Balaban J connectivity index is 2.14. The SMILES string of the molecule is CC(=O)N(CCC(=O)Nc1ccc(F)c(F)c1F)c1c(C)cc(C)cc1Cl. The molecule has 0 unspecified atom stereocenters. The second-order valence-corrected chi connectivity index (χ2v) is 6.51. The third-order valence-corrected chi connectivity index (χ3v) is 4.21. The second kappa shape index (κ2) is 8.43. The lowest BCUT2D eigenvalue weighted by Gasteiger charge is -2.24. The number of rotatable bonds is 5. The molecule has 0 saturated carbocycles. The number of nitrogens with zero attached hydrogens (tertiary/aromatic N) is 1. The van der Waals surface area contributed by atoms with Crippen LogP contribution < -0.4 is 10.2 Å². The Morgan fingerprint density at radius 1 is 1.11 bits per heavy atom. The van der Waals surface area contributed by atoms with Gasteiger partial charge in [-0.15, -0.1) is 0 Å². The quantitative estimate of drug-likeness (QED) is 0.738. The van der Waals surface area contributed by atoms with Gasteiger partial charge in [-0.1, -0.05) is 17.7 Å². The van der Waals surface area contributed by atoms with Gasteiger partial charge in [-0.2, -0.15) is 0 Å². The first-order valence-corrected chi connectivity index (χ1v) is 8.47. The van der Waals surface area contributed by atoms with Crippen LogP contribution in [0.3, 0.4) is 0 Å². The number of nitrogens with one attached hydrogen (secondary N) is 1. The number of halogens is 4. The summed E-state index contributed by atoms with van der Waals surface area (Å²) in [4.78, 5) is 25.4. The molecule has 2 aromatic rings. The van der Waals surface area contributed by atoms with E-state index in [1.165, 1.54) is 11.8 Å². The van der Waals surface area contributed by atoms with Crippen molar-refractivity contribution in [3.63, 3.8) is 0 Å². The van der Waals surface area contributed by atoms with Crippen LogP contribution in [0.15, 0.2) is 24.3 Å². The van der Waals surface area contributed by atoms with Crippen LogP contribution in [0.25, 0.3) is 0 Å². The van der Waals surface area contributed by atoms with Gasteiger partial charge in [0, 0.05) is 19.9 Å². The van der Waals surface area contributed by atoms with E-state index in [0.29, 0.717) is 16.8 Å². The first kappa shape index (κ1) is 20.8. The van der Waals surface area contributed by atoms with Gasteiger partial charge in [-0.05, 0) is 43.2 Å². The van der Waals surface area contributed by atoms with Gasteiger partial charge in [-0.25, -0.2) is 13.2 Å². The Morgan fingerprint density at radius 3 is 2.37 bits per heavy atom. The van der Waals surface area contributed by atoms with Crippen molar-refractivity contribution in [3.05, 3.63) is 57.9 Å². The second-order valence-electron chi connectivity index (χ2n) is 6.10. The summed E-state index contributed by atoms with van der Waals surface area (Å²) in [5.41, 5.74) is 1.71. The van der Waals surface area contributed by atoms with Gasteiger partial charge in [0.2, 0.25) is 11.8 Å². The van der Waals surface area contributed by atoms with Crippen LogP contribution in [0.2, 0.25) is 5.02 Å². The van der Waals surface area contributed by atoms with Crippen LogP contribution in [0.1, 0.15) is 24.5 Å². The van der Waals surface area contributed by atoms with Crippen LogP contribution in [-0.2, 0) is 9.59 Å². The first-order chi connectivity index (χ1) is 12.6. The van der Waals surface area contributed by atoms with Crippen LogP contribution in [-0.4, -0.2) is 18.4 Å². The number of hydrogen-bond donors (Lipinski definition) is 1. The Labute approximate surface area is 159 Å². The van der Waals surface area contributed by atoms with Gasteiger partial charge < -0.3 is 10.2 Å². The Hall–Kier alpha value is -2.54. The molecule has 144 valence electrons. The molecule has 0 aliphatic heterocycles. The van der Waals surface area contributed by atoms with E-state index in [1.807, 2.05) is 13.0 Å². The van der Waals surface area contributed by atoms with Crippen molar-refractivity contribution in [1.82, 2.24) is 0 Å². The molecule has 8 heteroatoms. The molecule has 0 spiro atoms. The van der Waals surface area contributed by atoms with E-state index >= 15 is 0 Å². The fourth-order valence-electron chi connectivity index (χ4n) is 2.73. The lowest BCUT2D eigenvalue weighted by atomic mass is 10.1. The van der Waals surface area contributed by atoms with E-state index in [2.05, 4.69) is 5.32 Å². The lowest BCUT2D eigenvalue weighted by Crippen LogP contribution is -2.33. The number of benzene rings is 2. The fraction of sp³-hybridized carbons (Fsp3) is 0.263. The van der Waals surface area contributed by atoms with Crippen molar-refractivity contribution in [2.45, 2.75) is 27.2 Å². The highest BCUT2D eigenvalue weighted by Crippen LogP contribution is 2.31. The third kappa shape index (κ3) is 4.80. The molecule has 0 aromatic heterocycles. The molecular formula is C19H18ClF3N2O2. The molecule has 0 saturated heterocycles. The zero-order valence-corrected chi connectivity index (χ0v) is 15.8. The average Bonchev–Trinajstić information content (AvgIpc) is 2.57. The molecule has 1 N–H and O–H groups in total. The number of carbonyl (C=O) groups excluding carboxylic acids is 2. The number of amides is 2. The van der Waals surface area contributed by atoms with E-state index in [1.54, 1.807) is 13.0 Å². The number of anilines is 2. The minimum absolute atomic E-state index is 0.0178. The molecule has 2 amide bonds. The van der Waals surface area contributed by atoms with E-state index in [4.69, 9.17) is 11.6 Å². The molecule has 0 radical (unpaired) electrons. The van der Waals surface area contributed by atoms with Crippen molar-refractivity contribution in [3.8, 4) is 0 Å². The van der Waals surface area contributed by atoms with Crippen molar-refractivity contribution < 1.29 is 22.8 Å². The molecule has 27 heavy (non-hydrogen) atoms. The highest BCUT2D eigenvalue weighted by molar-refractivity contribution is 6.34. The van der Waals surface area contributed by atoms with E-state index in [9.17, 15) is 22.8 Å². The maximum absolute atomic E-state index is 13.6. The van der Waals surface area contributed by atoms with Gasteiger partial charge in [0.05, 0.1) is 16.4 Å². The predicted molar refractivity (Wildman–Crippen MR) is 98.5 cm³/mol. The summed E-state index contributed by atoms with van der Waals surface area (Å²) in [6, 6.07) is 5.20. The molecule has 4 nitrogen and oxygen atoms in total. The summed E-state index contributed by atoms with van der Waals surface area (Å²) >= 11 is 6.25. The number of hydrogen-bond acceptors (Lipinski definition) is 2. The molecule has 0 atom stereocenters. The Morgan fingerprint density at radius 2 is 1.78 bits per heavy atom. The minimum Gasteiger partial charge on any atom is -0.323 e. The normalized spacial score (nSPS) is 10.6. The van der Waals surface area contributed by atoms with Crippen LogP contribution in [0.4, 0.5) is 24.5 Å². The summed E-state index contributed by atoms with van der Waals surface area (Å²) < 4.78 is 39.8. The molecular weight excluding hydrogens is 381 g/mol. The Bertz CT molecular complexity index is 880. The van der Waals surface area contributed by atoms with E-state index < -0.39 is 29.0 Å². The fourth-order valence-corrected chi connectivity index (χ4v) is 3.15.